The Hall–Kier alpha value is -2.01. The summed E-state index contributed by atoms with van der Waals surface area (Å²) < 4.78 is 0. The van der Waals surface area contributed by atoms with Crippen LogP contribution in [0.4, 0.5) is 0 Å². The molecular weight excluding hydrogens is 242 g/mol. The maximum absolute atomic E-state index is 12.2. The number of aromatic nitrogens is 2. The first kappa shape index (κ1) is 12.0. The normalized spacial score (nSPS) is 16.9. The van der Waals surface area contributed by atoms with Crippen molar-refractivity contribution in [2.75, 3.05) is 6.54 Å². The Morgan fingerprint density at radius 3 is 2.84 bits per heavy atom. The standard InChI is InChI=1S/C14H15N3O2/c18-13(17-9-14(19)5-2-6-14)10-3-1-4-11-12(10)16-8-7-15-11/h1,3-4,7-8,19H,2,5-6,9H2,(H,17,18). The molecule has 5 nitrogen and oxygen atoms in total. The molecule has 1 aromatic carbocycles. The van der Waals surface area contributed by atoms with Crippen molar-refractivity contribution < 1.29 is 9.90 Å². The van der Waals surface area contributed by atoms with Gasteiger partial charge in [-0.15, -0.1) is 0 Å². The number of rotatable bonds is 3. The van der Waals surface area contributed by atoms with E-state index in [9.17, 15) is 9.90 Å². The number of hydrogen-bond donors (Lipinski definition) is 2. The van der Waals surface area contributed by atoms with Crippen LogP contribution in [0.1, 0.15) is 29.6 Å². The van der Waals surface area contributed by atoms with Crippen LogP contribution in [0.2, 0.25) is 0 Å². The molecule has 0 atom stereocenters. The number of aliphatic hydroxyl groups is 1. The Balaban J connectivity index is 1.81. The van der Waals surface area contributed by atoms with E-state index in [1.807, 2.05) is 6.07 Å². The summed E-state index contributed by atoms with van der Waals surface area (Å²) in [6.07, 6.45) is 5.69. The van der Waals surface area contributed by atoms with Gasteiger partial charge in [-0.2, -0.15) is 0 Å². The molecule has 1 aliphatic carbocycles. The third-order valence-electron chi connectivity index (χ3n) is 3.61. The molecule has 1 fully saturated rings. The number of carbonyl (C=O) groups excluding carboxylic acids is 1. The van der Waals surface area contributed by atoms with Crippen LogP contribution in [0.3, 0.4) is 0 Å². The molecule has 1 aliphatic rings. The fraction of sp³-hybridized carbons (Fsp3) is 0.357. The van der Waals surface area contributed by atoms with Gasteiger partial charge in [0, 0.05) is 18.9 Å². The molecule has 0 unspecified atom stereocenters. The lowest BCUT2D eigenvalue weighted by Gasteiger charge is -2.36. The second-order valence-electron chi connectivity index (χ2n) is 4.99. The lowest BCUT2D eigenvalue weighted by atomic mass is 9.80. The zero-order valence-electron chi connectivity index (χ0n) is 10.5. The molecular formula is C14H15N3O2. The van der Waals surface area contributed by atoms with Crippen LogP contribution in [0, 0.1) is 0 Å². The molecule has 1 aromatic heterocycles. The summed E-state index contributed by atoms with van der Waals surface area (Å²) in [4.78, 5) is 20.5. The Labute approximate surface area is 110 Å². The molecule has 2 aromatic rings. The van der Waals surface area contributed by atoms with Crippen LogP contribution in [0.25, 0.3) is 11.0 Å². The number of hydrogen-bond acceptors (Lipinski definition) is 4. The molecule has 0 saturated heterocycles. The van der Waals surface area contributed by atoms with Crippen LogP contribution in [0.15, 0.2) is 30.6 Å². The number of carbonyl (C=O) groups is 1. The summed E-state index contributed by atoms with van der Waals surface area (Å²) in [5.74, 6) is -0.216. The minimum atomic E-state index is -0.716. The zero-order chi connectivity index (χ0) is 13.3. The lowest BCUT2D eigenvalue weighted by Crippen LogP contribution is -2.47. The average Bonchev–Trinajstić information content (AvgIpc) is 2.42. The van der Waals surface area contributed by atoms with Crippen molar-refractivity contribution >= 4 is 16.9 Å². The summed E-state index contributed by atoms with van der Waals surface area (Å²) in [5, 5.41) is 12.8. The summed E-state index contributed by atoms with van der Waals surface area (Å²) >= 11 is 0. The molecule has 0 radical (unpaired) electrons. The maximum atomic E-state index is 12.2. The predicted octanol–water partition coefficient (Wildman–Crippen LogP) is 1.27. The van der Waals surface area contributed by atoms with Gasteiger partial charge in [0.05, 0.1) is 16.7 Å². The topological polar surface area (TPSA) is 75.1 Å². The molecule has 5 heteroatoms. The van der Waals surface area contributed by atoms with E-state index < -0.39 is 5.60 Å². The minimum absolute atomic E-state index is 0.216. The molecule has 0 aliphatic heterocycles. The number of nitrogens with zero attached hydrogens (tertiary/aromatic N) is 2. The van der Waals surface area contributed by atoms with Crippen LogP contribution in [-0.4, -0.2) is 33.1 Å². The number of para-hydroxylation sites is 1. The van der Waals surface area contributed by atoms with Crippen LogP contribution in [-0.2, 0) is 0 Å². The molecule has 1 amide bonds. The van der Waals surface area contributed by atoms with Crippen molar-refractivity contribution in [2.24, 2.45) is 0 Å². The van der Waals surface area contributed by atoms with Gasteiger partial charge in [-0.25, -0.2) is 0 Å². The quantitative estimate of drug-likeness (QED) is 0.868. The van der Waals surface area contributed by atoms with Crippen molar-refractivity contribution in [1.82, 2.24) is 15.3 Å². The molecule has 1 saturated carbocycles. The van der Waals surface area contributed by atoms with Gasteiger partial charge in [-0.3, -0.25) is 14.8 Å². The van der Waals surface area contributed by atoms with Crippen molar-refractivity contribution in [3.05, 3.63) is 36.2 Å². The maximum Gasteiger partial charge on any atom is 0.253 e. The fourth-order valence-electron chi connectivity index (χ4n) is 2.28. The largest absolute Gasteiger partial charge is 0.388 e. The molecule has 0 spiro atoms. The molecule has 2 N–H and O–H groups in total. The van der Waals surface area contributed by atoms with E-state index in [4.69, 9.17) is 0 Å². The Morgan fingerprint density at radius 1 is 1.32 bits per heavy atom. The van der Waals surface area contributed by atoms with Gasteiger partial charge in [0.25, 0.3) is 5.91 Å². The van der Waals surface area contributed by atoms with E-state index >= 15 is 0 Å². The summed E-state index contributed by atoms with van der Waals surface area (Å²) in [5.41, 5.74) is 1.06. The Kier molecular flexibility index (Phi) is 2.91. The Bertz CT molecular complexity index is 618. The first-order valence-electron chi connectivity index (χ1n) is 6.38. The Morgan fingerprint density at radius 2 is 2.11 bits per heavy atom. The highest BCUT2D eigenvalue weighted by Crippen LogP contribution is 2.30. The van der Waals surface area contributed by atoms with Gasteiger partial charge in [-0.05, 0) is 31.4 Å². The van der Waals surface area contributed by atoms with Gasteiger partial charge < -0.3 is 10.4 Å². The molecule has 1 heterocycles. The summed E-state index contributed by atoms with van der Waals surface area (Å²) in [6, 6.07) is 5.32. The van der Waals surface area contributed by atoms with Crippen molar-refractivity contribution in [3.8, 4) is 0 Å². The predicted molar refractivity (Wildman–Crippen MR) is 70.7 cm³/mol. The first-order chi connectivity index (χ1) is 9.18. The van der Waals surface area contributed by atoms with E-state index in [2.05, 4.69) is 15.3 Å². The third kappa shape index (κ3) is 2.29. The number of benzene rings is 1. The first-order valence-corrected chi connectivity index (χ1v) is 6.38. The van der Waals surface area contributed by atoms with Gasteiger partial charge in [0.15, 0.2) is 0 Å². The van der Waals surface area contributed by atoms with E-state index in [1.54, 1.807) is 24.5 Å². The van der Waals surface area contributed by atoms with E-state index in [0.29, 0.717) is 23.1 Å². The lowest BCUT2D eigenvalue weighted by molar-refractivity contribution is -0.0300. The SMILES string of the molecule is O=C(NCC1(O)CCC1)c1cccc2nccnc12. The van der Waals surface area contributed by atoms with Gasteiger partial charge in [0.2, 0.25) is 0 Å². The zero-order valence-corrected chi connectivity index (χ0v) is 10.5. The molecule has 98 valence electrons. The van der Waals surface area contributed by atoms with E-state index in [1.165, 1.54) is 0 Å². The van der Waals surface area contributed by atoms with Crippen molar-refractivity contribution in [1.29, 1.82) is 0 Å². The highest BCUT2D eigenvalue weighted by atomic mass is 16.3. The average molecular weight is 257 g/mol. The smallest absolute Gasteiger partial charge is 0.253 e. The van der Waals surface area contributed by atoms with Crippen LogP contribution in [0.5, 0.6) is 0 Å². The van der Waals surface area contributed by atoms with E-state index in [-0.39, 0.29) is 5.91 Å². The molecule has 0 bridgehead atoms. The number of fused-ring (bicyclic) bond motifs is 1. The minimum Gasteiger partial charge on any atom is -0.388 e. The second kappa shape index (κ2) is 4.59. The van der Waals surface area contributed by atoms with Crippen LogP contribution < -0.4 is 5.32 Å². The van der Waals surface area contributed by atoms with Crippen LogP contribution >= 0.6 is 0 Å². The van der Waals surface area contributed by atoms with Crippen molar-refractivity contribution in [2.45, 2.75) is 24.9 Å². The highest BCUT2D eigenvalue weighted by molar-refractivity contribution is 6.04. The molecule has 3 rings (SSSR count). The third-order valence-corrected chi connectivity index (χ3v) is 3.61. The van der Waals surface area contributed by atoms with Gasteiger partial charge >= 0.3 is 0 Å². The number of amides is 1. The molecule has 19 heavy (non-hydrogen) atoms. The van der Waals surface area contributed by atoms with Crippen molar-refractivity contribution in [3.63, 3.8) is 0 Å². The van der Waals surface area contributed by atoms with Gasteiger partial charge in [-0.1, -0.05) is 6.07 Å². The fourth-order valence-corrected chi connectivity index (χ4v) is 2.28. The van der Waals surface area contributed by atoms with E-state index in [0.717, 1.165) is 19.3 Å². The second-order valence-corrected chi connectivity index (χ2v) is 4.99. The monoisotopic (exact) mass is 257 g/mol. The number of nitrogens with one attached hydrogen (secondary N) is 1. The highest BCUT2D eigenvalue weighted by Gasteiger charge is 2.34. The summed E-state index contributed by atoms with van der Waals surface area (Å²) in [6.45, 7) is 0.294. The summed E-state index contributed by atoms with van der Waals surface area (Å²) in [7, 11) is 0. The van der Waals surface area contributed by atoms with Gasteiger partial charge in [0.1, 0.15) is 5.52 Å².